The molecule has 0 amide bonds. The summed E-state index contributed by atoms with van der Waals surface area (Å²) < 4.78 is 0. The van der Waals surface area contributed by atoms with Gasteiger partial charge in [0.05, 0.1) is 12.1 Å². The first-order chi connectivity index (χ1) is 7.68. The monoisotopic (exact) mass is 358 g/mol. The Balaban J connectivity index is 0.00000256. The minimum Gasteiger partial charge on any atom is -0.196 e. The van der Waals surface area contributed by atoms with Crippen LogP contribution in [0.5, 0.6) is 0 Å². The second kappa shape index (κ2) is 7.64. The first-order valence-electron chi connectivity index (χ1n) is 5.33. The Morgan fingerprint density at radius 1 is 1.18 bits per heavy atom. The molecule has 0 radical (unpaired) electrons. The van der Waals surface area contributed by atoms with Crippen LogP contribution in [0.15, 0.2) is 30.3 Å². The van der Waals surface area contributed by atoms with Gasteiger partial charge in [0.2, 0.25) is 0 Å². The summed E-state index contributed by atoms with van der Waals surface area (Å²) in [6.45, 7) is 3.84. The highest BCUT2D eigenvalue weighted by Crippen LogP contribution is 2.48. The number of nitriles is 2. The van der Waals surface area contributed by atoms with E-state index in [1.165, 1.54) is 0 Å². The van der Waals surface area contributed by atoms with Crippen LogP contribution in [0.2, 0.25) is 0 Å². The molecular weight excluding hydrogens is 342 g/mol. The van der Waals surface area contributed by atoms with Crippen molar-refractivity contribution in [1.29, 1.82) is 10.5 Å². The summed E-state index contributed by atoms with van der Waals surface area (Å²) in [5, 5.41) is 18.6. The van der Waals surface area contributed by atoms with Crippen molar-refractivity contribution in [2.45, 2.75) is 25.4 Å². The van der Waals surface area contributed by atoms with Crippen molar-refractivity contribution in [3.8, 4) is 12.1 Å². The van der Waals surface area contributed by atoms with Crippen molar-refractivity contribution in [3.63, 3.8) is 0 Å². The highest BCUT2D eigenvalue weighted by Gasteiger charge is 2.34. The van der Waals surface area contributed by atoms with E-state index in [4.69, 9.17) is 0 Å². The van der Waals surface area contributed by atoms with E-state index < -0.39 is 13.1 Å². The molecule has 2 nitrogen and oxygen atoms in total. The Labute approximate surface area is 121 Å². The van der Waals surface area contributed by atoms with Crippen molar-refractivity contribution in [2.75, 3.05) is 6.16 Å². The molecule has 1 unspecified atom stereocenters. The molecule has 0 bridgehead atoms. The zero-order valence-electron chi connectivity index (χ0n) is 10.1. The average Bonchev–Trinajstić information content (AvgIpc) is 2.36. The summed E-state index contributed by atoms with van der Waals surface area (Å²) in [4.78, 5) is 0. The van der Waals surface area contributed by atoms with E-state index in [1.54, 1.807) is 6.92 Å². The van der Waals surface area contributed by atoms with E-state index >= 15 is 0 Å². The molecule has 1 atom stereocenters. The fourth-order valence-corrected chi connectivity index (χ4v) is 4.03. The smallest absolute Gasteiger partial charge is 0.163 e. The SMILES string of the molecule is CCCP(c1ccccc1)C(C)(C#N)C#N.I. The Hall–Kier alpha value is -0.640. The highest BCUT2D eigenvalue weighted by molar-refractivity contribution is 14.0. The molecule has 0 aromatic heterocycles. The fourth-order valence-electron chi connectivity index (χ4n) is 1.59. The predicted octanol–water partition coefficient (Wildman–Crippen LogP) is 3.63. The van der Waals surface area contributed by atoms with Gasteiger partial charge in [-0.2, -0.15) is 10.5 Å². The van der Waals surface area contributed by atoms with E-state index in [9.17, 15) is 10.5 Å². The van der Waals surface area contributed by atoms with Crippen LogP contribution in [-0.2, 0) is 0 Å². The highest BCUT2D eigenvalue weighted by atomic mass is 127. The zero-order chi connectivity index (χ0) is 12.0. The van der Waals surface area contributed by atoms with E-state index in [0.29, 0.717) is 0 Å². The molecule has 0 aliphatic heterocycles. The molecule has 0 fully saturated rings. The van der Waals surface area contributed by atoms with Gasteiger partial charge in [0, 0.05) is 0 Å². The Bertz CT molecular complexity index is 405. The lowest BCUT2D eigenvalue weighted by Gasteiger charge is -2.26. The largest absolute Gasteiger partial charge is 0.196 e. The minimum atomic E-state index is -0.868. The maximum absolute atomic E-state index is 9.19. The van der Waals surface area contributed by atoms with Gasteiger partial charge in [0.1, 0.15) is 0 Å². The van der Waals surface area contributed by atoms with E-state index in [1.807, 2.05) is 30.3 Å². The average molecular weight is 358 g/mol. The van der Waals surface area contributed by atoms with Crippen LogP contribution in [0.4, 0.5) is 0 Å². The van der Waals surface area contributed by atoms with Gasteiger partial charge in [0.15, 0.2) is 5.16 Å². The topological polar surface area (TPSA) is 47.6 Å². The molecule has 90 valence electrons. The molecule has 1 aromatic rings. The molecule has 0 saturated heterocycles. The van der Waals surface area contributed by atoms with Crippen LogP contribution in [-0.4, -0.2) is 11.3 Å². The van der Waals surface area contributed by atoms with Gasteiger partial charge >= 0.3 is 0 Å². The van der Waals surface area contributed by atoms with Gasteiger partial charge in [-0.1, -0.05) is 43.7 Å². The Morgan fingerprint density at radius 3 is 2.12 bits per heavy atom. The van der Waals surface area contributed by atoms with Gasteiger partial charge in [-0.25, -0.2) is 0 Å². The quantitative estimate of drug-likeness (QED) is 0.610. The van der Waals surface area contributed by atoms with Crippen LogP contribution in [0, 0.1) is 22.7 Å². The van der Waals surface area contributed by atoms with Crippen LogP contribution >= 0.6 is 31.9 Å². The molecule has 0 spiro atoms. The minimum absolute atomic E-state index is 0. The molecule has 1 rings (SSSR count). The van der Waals surface area contributed by atoms with Crippen LogP contribution in [0.25, 0.3) is 0 Å². The Morgan fingerprint density at radius 2 is 1.71 bits per heavy atom. The third-order valence-corrected chi connectivity index (χ3v) is 5.59. The van der Waals surface area contributed by atoms with Gasteiger partial charge in [-0.15, -0.1) is 24.0 Å². The van der Waals surface area contributed by atoms with Gasteiger partial charge in [-0.3, -0.25) is 0 Å². The van der Waals surface area contributed by atoms with Gasteiger partial charge < -0.3 is 0 Å². The summed E-state index contributed by atoms with van der Waals surface area (Å²) >= 11 is 0. The summed E-state index contributed by atoms with van der Waals surface area (Å²) in [7, 11) is -0.724. The number of benzene rings is 1. The third-order valence-electron chi connectivity index (χ3n) is 2.49. The second-order valence-electron chi connectivity index (χ2n) is 3.78. The number of nitrogens with zero attached hydrogens (tertiary/aromatic N) is 2. The first-order valence-corrected chi connectivity index (χ1v) is 6.86. The molecule has 17 heavy (non-hydrogen) atoms. The number of halogens is 1. The van der Waals surface area contributed by atoms with E-state index in [-0.39, 0.29) is 24.0 Å². The Kier molecular flexibility index (Phi) is 7.35. The lowest BCUT2D eigenvalue weighted by atomic mass is 10.2. The molecule has 4 heteroatoms. The zero-order valence-corrected chi connectivity index (χ0v) is 13.3. The molecule has 0 heterocycles. The van der Waals surface area contributed by atoms with Crippen LogP contribution in [0.1, 0.15) is 20.3 Å². The van der Waals surface area contributed by atoms with Gasteiger partial charge in [0.25, 0.3) is 0 Å². The standard InChI is InChI=1S/C13H15N2P.HI/c1-3-9-16(13(2,10-14)11-15)12-7-5-4-6-8-12;/h4-8H,3,9H2,1-2H3;1H. The molecule has 0 aliphatic rings. The predicted molar refractivity (Wildman–Crippen MR) is 83.2 cm³/mol. The summed E-state index contributed by atoms with van der Waals surface area (Å²) in [6.07, 6.45) is 1.93. The number of rotatable bonds is 4. The molecule has 0 N–H and O–H groups in total. The maximum Gasteiger partial charge on any atom is 0.163 e. The van der Waals surface area contributed by atoms with E-state index in [2.05, 4.69) is 19.1 Å². The van der Waals surface area contributed by atoms with Crippen molar-refractivity contribution >= 4 is 37.2 Å². The number of hydrogen-bond donors (Lipinski definition) is 0. The maximum atomic E-state index is 9.19. The molecule has 0 aliphatic carbocycles. The number of hydrogen-bond acceptors (Lipinski definition) is 2. The van der Waals surface area contributed by atoms with Crippen molar-refractivity contribution in [3.05, 3.63) is 30.3 Å². The normalized spacial score (nSPS) is 11.8. The van der Waals surface area contributed by atoms with Crippen molar-refractivity contribution in [2.24, 2.45) is 0 Å². The molecular formula is C13H16IN2P. The van der Waals surface area contributed by atoms with Crippen molar-refractivity contribution < 1.29 is 0 Å². The van der Waals surface area contributed by atoms with E-state index in [0.717, 1.165) is 17.9 Å². The van der Waals surface area contributed by atoms with Crippen molar-refractivity contribution in [1.82, 2.24) is 0 Å². The molecule has 1 aromatic carbocycles. The third kappa shape index (κ3) is 3.95. The fraction of sp³-hybridized carbons (Fsp3) is 0.385. The van der Waals surface area contributed by atoms with Gasteiger partial charge in [-0.05, 0) is 26.3 Å². The summed E-state index contributed by atoms with van der Waals surface area (Å²) in [5.41, 5.74) is 0. The summed E-state index contributed by atoms with van der Waals surface area (Å²) in [6, 6.07) is 14.3. The van der Waals surface area contributed by atoms with Crippen LogP contribution < -0.4 is 5.30 Å². The van der Waals surface area contributed by atoms with Crippen LogP contribution in [0.3, 0.4) is 0 Å². The lowest BCUT2D eigenvalue weighted by Crippen LogP contribution is -2.24. The lowest BCUT2D eigenvalue weighted by molar-refractivity contribution is 0.991. The second-order valence-corrected chi connectivity index (χ2v) is 6.50. The first kappa shape index (κ1) is 16.4. The molecule has 0 saturated carbocycles. The summed E-state index contributed by atoms with van der Waals surface area (Å²) in [5.74, 6) is 0.